The summed E-state index contributed by atoms with van der Waals surface area (Å²) in [5.74, 6) is 1.50. The van der Waals surface area contributed by atoms with Crippen molar-refractivity contribution in [3.63, 3.8) is 0 Å². The van der Waals surface area contributed by atoms with Crippen molar-refractivity contribution in [2.24, 2.45) is 0 Å². The zero-order valence-corrected chi connectivity index (χ0v) is 16.6. The van der Waals surface area contributed by atoms with E-state index in [1.54, 1.807) is 37.5 Å². The molecular weight excluding hydrogens is 376 g/mol. The highest BCUT2D eigenvalue weighted by atomic mass is 32.2. The molecular formula is C21H22N2O4S. The number of hydrogen-bond acceptors (Lipinski definition) is 5. The van der Waals surface area contributed by atoms with Gasteiger partial charge in [0.1, 0.15) is 17.7 Å². The largest absolute Gasteiger partial charge is 0.493 e. The van der Waals surface area contributed by atoms with Crippen LogP contribution in [0.5, 0.6) is 5.75 Å². The summed E-state index contributed by atoms with van der Waals surface area (Å²) in [6.07, 6.45) is 3.07. The van der Waals surface area contributed by atoms with E-state index in [0.29, 0.717) is 24.6 Å². The smallest absolute Gasteiger partial charge is 0.240 e. The van der Waals surface area contributed by atoms with Gasteiger partial charge < -0.3 is 9.15 Å². The summed E-state index contributed by atoms with van der Waals surface area (Å²) >= 11 is 0. The van der Waals surface area contributed by atoms with Crippen LogP contribution in [0.4, 0.5) is 0 Å². The normalized spacial score (nSPS) is 14.5. The van der Waals surface area contributed by atoms with Gasteiger partial charge in [0.15, 0.2) is 5.89 Å². The first kappa shape index (κ1) is 18.7. The Morgan fingerprint density at radius 2 is 1.96 bits per heavy atom. The molecule has 0 bridgehead atoms. The third kappa shape index (κ3) is 3.95. The zero-order chi connectivity index (χ0) is 19.7. The molecule has 0 spiro atoms. The molecule has 1 atom stereocenters. The number of nitrogens with one attached hydrogen (secondary N) is 1. The minimum Gasteiger partial charge on any atom is -0.493 e. The number of benzene rings is 2. The van der Waals surface area contributed by atoms with Crippen LogP contribution in [-0.4, -0.2) is 26.1 Å². The summed E-state index contributed by atoms with van der Waals surface area (Å²) in [6, 6.07) is 12.5. The van der Waals surface area contributed by atoms with Crippen molar-refractivity contribution in [1.29, 1.82) is 0 Å². The Morgan fingerprint density at radius 3 is 2.68 bits per heavy atom. The number of fused-ring (bicyclic) bond motifs is 1. The molecule has 1 N–H and O–H groups in total. The molecule has 146 valence electrons. The standard InChI is InChI=1S/C21H22N2O4S/c1-14(11-16-3-8-21-18(12-16)9-10-26-21)23-28(24,25)19-6-4-17(5-7-19)20-13-27-15(2)22-20/h3-8,12-14,23H,9-11H2,1-2H3/t14-/m1/s1. The second-order valence-electron chi connectivity index (χ2n) is 7.04. The van der Waals surface area contributed by atoms with Crippen molar-refractivity contribution in [1.82, 2.24) is 9.71 Å². The molecule has 0 aliphatic carbocycles. The summed E-state index contributed by atoms with van der Waals surface area (Å²) in [4.78, 5) is 4.48. The third-order valence-electron chi connectivity index (χ3n) is 4.73. The number of sulfonamides is 1. The van der Waals surface area contributed by atoms with Gasteiger partial charge >= 0.3 is 0 Å². The van der Waals surface area contributed by atoms with Gasteiger partial charge in [-0.05, 0) is 42.7 Å². The monoisotopic (exact) mass is 398 g/mol. The molecule has 0 radical (unpaired) electrons. The molecule has 1 aromatic heterocycles. The SMILES string of the molecule is Cc1nc(-c2ccc(S(=O)(=O)N[C@H](C)Cc3ccc4c(c3)CCO4)cc2)co1. The average molecular weight is 398 g/mol. The first-order valence-corrected chi connectivity index (χ1v) is 10.7. The van der Waals surface area contributed by atoms with E-state index in [2.05, 4.69) is 15.8 Å². The summed E-state index contributed by atoms with van der Waals surface area (Å²) < 4.78 is 38.9. The highest BCUT2D eigenvalue weighted by Gasteiger charge is 2.19. The van der Waals surface area contributed by atoms with Gasteiger partial charge in [0.05, 0.1) is 11.5 Å². The quantitative estimate of drug-likeness (QED) is 0.687. The maximum absolute atomic E-state index is 12.7. The number of rotatable bonds is 6. The van der Waals surface area contributed by atoms with Gasteiger partial charge in [0.2, 0.25) is 10.0 Å². The second kappa shape index (κ2) is 7.41. The summed E-state index contributed by atoms with van der Waals surface area (Å²) in [5, 5.41) is 0. The highest BCUT2D eigenvalue weighted by molar-refractivity contribution is 7.89. The molecule has 1 aliphatic rings. The Bertz CT molecular complexity index is 1090. The summed E-state index contributed by atoms with van der Waals surface area (Å²) in [7, 11) is -3.60. The van der Waals surface area contributed by atoms with Crippen LogP contribution in [-0.2, 0) is 22.9 Å². The Hall–Kier alpha value is -2.64. The second-order valence-corrected chi connectivity index (χ2v) is 8.76. The summed E-state index contributed by atoms with van der Waals surface area (Å²) in [6.45, 7) is 4.35. The van der Waals surface area contributed by atoms with E-state index in [9.17, 15) is 8.42 Å². The molecule has 6 nitrogen and oxygen atoms in total. The first-order valence-electron chi connectivity index (χ1n) is 9.20. The topological polar surface area (TPSA) is 81.4 Å². The molecule has 0 fully saturated rings. The van der Waals surface area contributed by atoms with Gasteiger partial charge in [-0.3, -0.25) is 0 Å². The average Bonchev–Trinajstić information content (AvgIpc) is 3.29. The van der Waals surface area contributed by atoms with Crippen molar-refractivity contribution >= 4 is 10.0 Å². The van der Waals surface area contributed by atoms with Gasteiger partial charge in [0.25, 0.3) is 0 Å². The van der Waals surface area contributed by atoms with Gasteiger partial charge in [-0.25, -0.2) is 18.1 Å². The van der Waals surface area contributed by atoms with Crippen LogP contribution in [0, 0.1) is 6.92 Å². The molecule has 7 heteroatoms. The van der Waals surface area contributed by atoms with E-state index < -0.39 is 10.0 Å². The van der Waals surface area contributed by atoms with E-state index in [0.717, 1.165) is 23.3 Å². The summed E-state index contributed by atoms with van der Waals surface area (Å²) in [5.41, 5.74) is 3.77. The molecule has 0 unspecified atom stereocenters. The maximum atomic E-state index is 12.7. The van der Waals surface area contributed by atoms with E-state index in [-0.39, 0.29) is 10.9 Å². The van der Waals surface area contributed by atoms with Crippen LogP contribution < -0.4 is 9.46 Å². The highest BCUT2D eigenvalue weighted by Crippen LogP contribution is 2.26. The lowest BCUT2D eigenvalue weighted by molar-refractivity contribution is 0.357. The third-order valence-corrected chi connectivity index (χ3v) is 6.34. The minimum absolute atomic E-state index is 0.227. The fourth-order valence-electron chi connectivity index (χ4n) is 3.40. The number of nitrogens with zero attached hydrogens (tertiary/aromatic N) is 1. The Balaban J connectivity index is 1.44. The van der Waals surface area contributed by atoms with Crippen molar-refractivity contribution in [2.75, 3.05) is 6.61 Å². The lowest BCUT2D eigenvalue weighted by atomic mass is 10.0. The molecule has 2 aromatic carbocycles. The molecule has 4 rings (SSSR count). The van der Waals surface area contributed by atoms with Crippen molar-refractivity contribution < 1.29 is 17.6 Å². The minimum atomic E-state index is -3.60. The zero-order valence-electron chi connectivity index (χ0n) is 15.8. The number of oxazole rings is 1. The predicted octanol–water partition coefficient (Wildman–Crippen LogP) is 3.49. The van der Waals surface area contributed by atoms with Crippen LogP contribution in [0.25, 0.3) is 11.3 Å². The number of hydrogen-bond donors (Lipinski definition) is 1. The molecule has 0 amide bonds. The van der Waals surface area contributed by atoms with Gasteiger partial charge in [-0.1, -0.05) is 24.3 Å². The van der Waals surface area contributed by atoms with Crippen LogP contribution >= 0.6 is 0 Å². The van der Waals surface area contributed by atoms with Crippen LogP contribution in [0.1, 0.15) is 23.9 Å². The van der Waals surface area contributed by atoms with Crippen molar-refractivity contribution in [3.05, 3.63) is 65.7 Å². The molecule has 0 saturated carbocycles. The van der Waals surface area contributed by atoms with Crippen LogP contribution in [0.3, 0.4) is 0 Å². The van der Waals surface area contributed by atoms with Gasteiger partial charge in [-0.2, -0.15) is 0 Å². The molecule has 1 aliphatic heterocycles. The lowest BCUT2D eigenvalue weighted by Gasteiger charge is -2.15. The number of ether oxygens (including phenoxy) is 1. The van der Waals surface area contributed by atoms with E-state index in [1.165, 1.54) is 5.56 Å². The molecule has 2 heterocycles. The molecule has 3 aromatic rings. The molecule has 28 heavy (non-hydrogen) atoms. The fourth-order valence-corrected chi connectivity index (χ4v) is 4.64. The van der Waals surface area contributed by atoms with Crippen molar-refractivity contribution in [3.8, 4) is 17.0 Å². The van der Waals surface area contributed by atoms with Crippen molar-refractivity contribution in [2.45, 2.75) is 37.6 Å². The number of aryl methyl sites for hydroxylation is 1. The first-order chi connectivity index (χ1) is 13.4. The van der Waals surface area contributed by atoms with Gasteiger partial charge in [0, 0.05) is 24.9 Å². The van der Waals surface area contributed by atoms with Crippen LogP contribution in [0.2, 0.25) is 0 Å². The van der Waals surface area contributed by atoms with E-state index >= 15 is 0 Å². The van der Waals surface area contributed by atoms with Gasteiger partial charge in [-0.15, -0.1) is 0 Å². The molecule has 0 saturated heterocycles. The van der Waals surface area contributed by atoms with E-state index in [4.69, 9.17) is 9.15 Å². The van der Waals surface area contributed by atoms with E-state index in [1.807, 2.05) is 19.1 Å². The maximum Gasteiger partial charge on any atom is 0.240 e. The van der Waals surface area contributed by atoms with Crippen LogP contribution in [0.15, 0.2) is 58.0 Å². The Kier molecular flexibility index (Phi) is 4.95. The predicted molar refractivity (Wildman–Crippen MR) is 106 cm³/mol. The Morgan fingerprint density at radius 1 is 1.18 bits per heavy atom. The fraction of sp³-hybridized carbons (Fsp3) is 0.286. The number of aromatic nitrogens is 1. The lowest BCUT2D eigenvalue weighted by Crippen LogP contribution is -2.34. The Labute approximate surface area is 164 Å².